The fourth-order valence-electron chi connectivity index (χ4n) is 4.54. The first-order valence-electron chi connectivity index (χ1n) is 12.1. The third kappa shape index (κ3) is 5.05. The summed E-state index contributed by atoms with van der Waals surface area (Å²) >= 11 is 0. The molecule has 2 aromatic heterocycles. The number of nitrogens with one attached hydrogen (secondary N) is 3. The Hall–Kier alpha value is -2.64. The van der Waals surface area contributed by atoms with E-state index in [0.29, 0.717) is 22.9 Å². The molecular weight excluding hydrogens is 450 g/mol. The van der Waals surface area contributed by atoms with Gasteiger partial charge in [-0.25, -0.2) is 9.97 Å². The van der Waals surface area contributed by atoms with Gasteiger partial charge in [-0.1, -0.05) is 19.9 Å². The first-order valence-corrected chi connectivity index (χ1v) is 12.1. The van der Waals surface area contributed by atoms with Gasteiger partial charge in [0.2, 0.25) is 0 Å². The molecule has 7 nitrogen and oxygen atoms in total. The lowest BCUT2D eigenvalue weighted by Crippen LogP contribution is -2.42. The van der Waals surface area contributed by atoms with E-state index in [2.05, 4.69) is 57.6 Å². The van der Waals surface area contributed by atoms with Gasteiger partial charge in [-0.05, 0) is 75.2 Å². The van der Waals surface area contributed by atoms with Gasteiger partial charge in [0.1, 0.15) is 23.3 Å². The molecule has 0 bridgehead atoms. The zero-order valence-electron chi connectivity index (χ0n) is 20.1. The number of carbonyl (C=O) groups excluding carboxylic acids is 1. The Balaban J connectivity index is 0.00000274. The van der Waals surface area contributed by atoms with Gasteiger partial charge in [0.15, 0.2) is 0 Å². The fraction of sp³-hybridized carbons (Fsp3) is 0.500. The largest absolute Gasteiger partial charge is 0.493 e. The standard InChI is InChI=1S/C26H33N5O2.ClH/c1-15(2)18-6-7-21(33-13-17-4-5-17)20(12-18)23-25-24(29-14-28-23)22(16(3)30-25)26(32)31-19-8-10-27-11-9-19;/h6-7,12,14-15,17,19,27,30H,4-5,8-11,13H2,1-3H3,(H,31,32);1H. The molecule has 1 aromatic carbocycles. The van der Waals surface area contributed by atoms with Crippen LogP contribution in [0.4, 0.5) is 0 Å². The van der Waals surface area contributed by atoms with Crippen LogP contribution in [0, 0.1) is 12.8 Å². The molecule has 5 rings (SSSR count). The molecule has 8 heteroatoms. The van der Waals surface area contributed by atoms with Gasteiger partial charge in [0, 0.05) is 17.3 Å². The van der Waals surface area contributed by atoms with Crippen molar-refractivity contribution in [3.8, 4) is 17.0 Å². The first-order chi connectivity index (χ1) is 16.0. The van der Waals surface area contributed by atoms with Gasteiger partial charge in [-0.3, -0.25) is 4.79 Å². The van der Waals surface area contributed by atoms with E-state index in [1.165, 1.54) is 18.4 Å². The molecule has 34 heavy (non-hydrogen) atoms. The SMILES string of the molecule is Cc1[nH]c2c(-c3cc(C(C)C)ccc3OCC3CC3)ncnc2c1C(=O)NC1CCNCC1.Cl. The summed E-state index contributed by atoms with van der Waals surface area (Å²) in [6.45, 7) is 8.89. The molecule has 2 fully saturated rings. The molecule has 1 aliphatic heterocycles. The second-order valence-corrected chi connectivity index (χ2v) is 9.73. The Bertz CT molecular complexity index is 1170. The van der Waals surface area contributed by atoms with Crippen LogP contribution in [-0.4, -0.2) is 46.6 Å². The van der Waals surface area contributed by atoms with Crippen molar-refractivity contribution in [2.75, 3.05) is 19.7 Å². The van der Waals surface area contributed by atoms with Crippen molar-refractivity contribution in [3.05, 3.63) is 41.3 Å². The molecule has 0 atom stereocenters. The summed E-state index contributed by atoms with van der Waals surface area (Å²) in [7, 11) is 0. The van der Waals surface area contributed by atoms with Gasteiger partial charge < -0.3 is 20.4 Å². The average Bonchev–Trinajstić information content (AvgIpc) is 3.57. The van der Waals surface area contributed by atoms with E-state index in [9.17, 15) is 4.79 Å². The number of nitrogens with zero attached hydrogens (tertiary/aromatic N) is 2. The lowest BCUT2D eigenvalue weighted by atomic mass is 9.98. The van der Waals surface area contributed by atoms with E-state index >= 15 is 0 Å². The number of hydrogen-bond acceptors (Lipinski definition) is 5. The number of hydrogen-bond donors (Lipinski definition) is 3. The highest BCUT2D eigenvalue weighted by molar-refractivity contribution is 6.09. The van der Waals surface area contributed by atoms with Gasteiger partial charge in [0.05, 0.1) is 17.7 Å². The topological polar surface area (TPSA) is 91.9 Å². The fourth-order valence-corrected chi connectivity index (χ4v) is 4.54. The van der Waals surface area contributed by atoms with Crippen molar-refractivity contribution < 1.29 is 9.53 Å². The van der Waals surface area contributed by atoms with E-state index in [4.69, 9.17) is 4.74 Å². The Morgan fingerprint density at radius 3 is 2.65 bits per heavy atom. The summed E-state index contributed by atoms with van der Waals surface area (Å²) in [5.41, 5.74) is 5.79. The Labute approximate surface area is 206 Å². The second-order valence-electron chi connectivity index (χ2n) is 9.73. The quantitative estimate of drug-likeness (QED) is 0.451. The van der Waals surface area contributed by atoms with Crippen molar-refractivity contribution in [2.45, 2.75) is 58.4 Å². The van der Waals surface area contributed by atoms with Crippen LogP contribution in [0.1, 0.15) is 67.1 Å². The monoisotopic (exact) mass is 483 g/mol. The Morgan fingerprint density at radius 1 is 1.18 bits per heavy atom. The summed E-state index contributed by atoms with van der Waals surface area (Å²) in [5.74, 6) is 1.80. The maximum absolute atomic E-state index is 13.2. The Kier molecular flexibility index (Phi) is 7.43. The predicted octanol–water partition coefficient (Wildman–Crippen LogP) is 4.75. The summed E-state index contributed by atoms with van der Waals surface area (Å²) in [5, 5.41) is 6.54. The zero-order valence-corrected chi connectivity index (χ0v) is 20.9. The number of ether oxygens (including phenoxy) is 1. The second kappa shape index (κ2) is 10.3. The molecule has 3 aromatic rings. The molecule has 1 saturated carbocycles. The maximum Gasteiger partial charge on any atom is 0.255 e. The van der Waals surface area contributed by atoms with Crippen molar-refractivity contribution in [1.29, 1.82) is 0 Å². The summed E-state index contributed by atoms with van der Waals surface area (Å²) in [4.78, 5) is 25.8. The predicted molar refractivity (Wildman–Crippen MR) is 137 cm³/mol. The number of benzene rings is 1. The number of piperidine rings is 1. The smallest absolute Gasteiger partial charge is 0.255 e. The number of rotatable bonds is 7. The lowest BCUT2D eigenvalue weighted by Gasteiger charge is -2.23. The minimum Gasteiger partial charge on any atom is -0.493 e. The highest BCUT2D eigenvalue weighted by atomic mass is 35.5. The molecule has 0 spiro atoms. The van der Waals surface area contributed by atoms with E-state index in [1.807, 2.05) is 6.92 Å². The lowest BCUT2D eigenvalue weighted by molar-refractivity contribution is 0.0930. The van der Waals surface area contributed by atoms with Crippen LogP contribution in [0.25, 0.3) is 22.3 Å². The number of H-pyrrole nitrogens is 1. The summed E-state index contributed by atoms with van der Waals surface area (Å²) in [6, 6.07) is 6.54. The number of fused-ring (bicyclic) bond motifs is 1. The third-order valence-electron chi connectivity index (χ3n) is 6.77. The van der Waals surface area contributed by atoms with E-state index in [1.54, 1.807) is 6.33 Å². The maximum atomic E-state index is 13.2. The van der Waals surface area contributed by atoms with Gasteiger partial charge in [-0.15, -0.1) is 12.4 Å². The summed E-state index contributed by atoms with van der Waals surface area (Å²) in [6.07, 6.45) is 5.91. The number of aromatic nitrogens is 3. The molecule has 1 saturated heterocycles. The highest BCUT2D eigenvalue weighted by Crippen LogP contribution is 2.38. The van der Waals surface area contributed by atoms with Crippen molar-refractivity contribution >= 4 is 29.3 Å². The van der Waals surface area contributed by atoms with Crippen LogP contribution >= 0.6 is 12.4 Å². The van der Waals surface area contributed by atoms with Gasteiger partial charge in [-0.2, -0.15) is 0 Å². The number of aromatic amines is 1. The van der Waals surface area contributed by atoms with E-state index < -0.39 is 0 Å². The molecular formula is C26H34ClN5O2. The van der Waals surface area contributed by atoms with Crippen LogP contribution in [-0.2, 0) is 0 Å². The van der Waals surface area contributed by atoms with Crippen molar-refractivity contribution in [1.82, 2.24) is 25.6 Å². The van der Waals surface area contributed by atoms with Crippen LogP contribution in [0.15, 0.2) is 24.5 Å². The summed E-state index contributed by atoms with van der Waals surface area (Å²) < 4.78 is 6.22. The third-order valence-corrected chi connectivity index (χ3v) is 6.77. The number of aryl methyl sites for hydroxylation is 1. The zero-order chi connectivity index (χ0) is 22.9. The van der Waals surface area contributed by atoms with E-state index in [0.717, 1.165) is 60.8 Å². The Morgan fingerprint density at radius 2 is 1.94 bits per heavy atom. The first kappa shape index (κ1) is 24.5. The molecule has 3 heterocycles. The molecule has 1 amide bonds. The number of amides is 1. The highest BCUT2D eigenvalue weighted by Gasteiger charge is 2.26. The minimum absolute atomic E-state index is 0. The molecule has 1 aliphatic carbocycles. The molecule has 2 aliphatic rings. The van der Waals surface area contributed by atoms with Crippen LogP contribution < -0.4 is 15.4 Å². The number of halogens is 1. The average molecular weight is 484 g/mol. The van der Waals surface area contributed by atoms with Crippen molar-refractivity contribution in [3.63, 3.8) is 0 Å². The minimum atomic E-state index is -0.0727. The molecule has 3 N–H and O–H groups in total. The number of carbonyl (C=O) groups is 1. The van der Waals surface area contributed by atoms with Crippen LogP contribution in [0.3, 0.4) is 0 Å². The van der Waals surface area contributed by atoms with Crippen LogP contribution in [0.2, 0.25) is 0 Å². The van der Waals surface area contributed by atoms with Gasteiger partial charge in [0.25, 0.3) is 5.91 Å². The normalized spacial score (nSPS) is 16.5. The molecule has 0 unspecified atom stereocenters. The molecule has 182 valence electrons. The van der Waals surface area contributed by atoms with E-state index in [-0.39, 0.29) is 24.4 Å². The van der Waals surface area contributed by atoms with Gasteiger partial charge >= 0.3 is 0 Å². The van der Waals surface area contributed by atoms with Crippen LogP contribution in [0.5, 0.6) is 5.75 Å². The van der Waals surface area contributed by atoms with Crippen molar-refractivity contribution in [2.24, 2.45) is 5.92 Å². The molecule has 0 radical (unpaired) electrons.